The molecule has 0 aromatic heterocycles. The number of ether oxygens (including phenoxy) is 1. The van der Waals surface area contributed by atoms with Crippen molar-refractivity contribution in [3.63, 3.8) is 0 Å². The van der Waals surface area contributed by atoms with Crippen LogP contribution in [-0.2, 0) is 4.79 Å². The average molecular weight is 351 g/mol. The molecule has 2 atom stereocenters. The zero-order valence-electron chi connectivity index (χ0n) is 9.92. The molecule has 2 unspecified atom stereocenters. The van der Waals surface area contributed by atoms with Crippen LogP contribution in [0.15, 0.2) is 22.7 Å². The third-order valence-electron chi connectivity index (χ3n) is 2.86. The molecule has 0 radical (unpaired) electrons. The zero-order valence-corrected chi connectivity index (χ0v) is 12.3. The monoisotopic (exact) mass is 349 g/mol. The summed E-state index contributed by atoms with van der Waals surface area (Å²) in [5.74, 6) is 0.232. The fourth-order valence-electron chi connectivity index (χ4n) is 1.80. The van der Waals surface area contributed by atoms with E-state index >= 15 is 0 Å². The van der Waals surface area contributed by atoms with E-state index in [-0.39, 0.29) is 25.6 Å². The first-order valence-corrected chi connectivity index (χ1v) is 6.86. The second-order valence-electron chi connectivity index (χ2n) is 4.30. The Morgan fingerprint density at radius 3 is 2.63 bits per heavy atom. The second kappa shape index (κ2) is 6.09. The van der Waals surface area contributed by atoms with Gasteiger partial charge in [0.25, 0.3) is 5.91 Å². The van der Waals surface area contributed by atoms with Gasteiger partial charge in [-0.05, 0) is 34.1 Å². The van der Waals surface area contributed by atoms with Crippen molar-refractivity contribution in [2.75, 3.05) is 19.7 Å². The minimum Gasteiger partial charge on any atom is -0.483 e. The Morgan fingerprint density at radius 2 is 2.05 bits per heavy atom. The van der Waals surface area contributed by atoms with Crippen LogP contribution < -0.4 is 4.74 Å². The molecule has 19 heavy (non-hydrogen) atoms. The first-order chi connectivity index (χ1) is 8.97. The summed E-state index contributed by atoms with van der Waals surface area (Å²) in [4.78, 5) is 13.2. The lowest BCUT2D eigenvalue weighted by Gasteiger charge is -2.16. The van der Waals surface area contributed by atoms with Gasteiger partial charge < -0.3 is 19.8 Å². The van der Waals surface area contributed by atoms with Crippen LogP contribution in [0.25, 0.3) is 0 Å². The van der Waals surface area contributed by atoms with E-state index < -0.39 is 12.2 Å². The number of β-amino-alcohol motifs (C(OH)–C–C–N with tert-alkyl or cyclic N) is 2. The SMILES string of the molecule is O=C(COc1ccc(Cl)cc1Br)N1CC(O)C(O)C1. The minimum absolute atomic E-state index is 0.130. The van der Waals surface area contributed by atoms with Gasteiger partial charge in [-0.3, -0.25) is 4.79 Å². The predicted octanol–water partition coefficient (Wildman–Crippen LogP) is 1.05. The van der Waals surface area contributed by atoms with Crippen molar-refractivity contribution in [2.24, 2.45) is 0 Å². The third-order valence-corrected chi connectivity index (χ3v) is 3.71. The van der Waals surface area contributed by atoms with Crippen LogP contribution in [0.3, 0.4) is 0 Å². The highest BCUT2D eigenvalue weighted by atomic mass is 79.9. The van der Waals surface area contributed by atoms with E-state index in [4.69, 9.17) is 16.3 Å². The molecule has 1 heterocycles. The molecule has 1 aromatic rings. The molecular formula is C12H13BrClNO4. The number of likely N-dealkylation sites (tertiary alicyclic amines) is 1. The molecule has 2 N–H and O–H groups in total. The lowest BCUT2D eigenvalue weighted by Crippen LogP contribution is -2.34. The van der Waals surface area contributed by atoms with Crippen molar-refractivity contribution in [2.45, 2.75) is 12.2 Å². The van der Waals surface area contributed by atoms with E-state index in [0.29, 0.717) is 15.2 Å². The summed E-state index contributed by atoms with van der Waals surface area (Å²) in [5, 5.41) is 19.3. The number of nitrogens with zero attached hydrogens (tertiary/aromatic N) is 1. The lowest BCUT2D eigenvalue weighted by atomic mass is 10.3. The molecule has 1 amide bonds. The second-order valence-corrected chi connectivity index (χ2v) is 5.59. The number of hydrogen-bond acceptors (Lipinski definition) is 4. The minimum atomic E-state index is -0.883. The summed E-state index contributed by atoms with van der Waals surface area (Å²) >= 11 is 9.08. The summed E-state index contributed by atoms with van der Waals surface area (Å²) in [7, 11) is 0. The van der Waals surface area contributed by atoms with Crippen LogP contribution in [0.4, 0.5) is 0 Å². The number of aliphatic hydroxyl groups is 2. The van der Waals surface area contributed by atoms with Gasteiger partial charge in [-0.25, -0.2) is 0 Å². The van der Waals surface area contributed by atoms with Crippen LogP contribution in [0, 0.1) is 0 Å². The average Bonchev–Trinajstić information content (AvgIpc) is 2.68. The Morgan fingerprint density at radius 1 is 1.42 bits per heavy atom. The van der Waals surface area contributed by atoms with Crippen molar-refractivity contribution >= 4 is 33.4 Å². The van der Waals surface area contributed by atoms with E-state index in [1.54, 1.807) is 18.2 Å². The van der Waals surface area contributed by atoms with Crippen LogP contribution in [0.2, 0.25) is 5.02 Å². The van der Waals surface area contributed by atoms with Gasteiger partial charge in [0.05, 0.1) is 16.7 Å². The van der Waals surface area contributed by atoms with Crippen LogP contribution in [0.1, 0.15) is 0 Å². The maximum atomic E-state index is 11.8. The standard InChI is InChI=1S/C12H13BrClNO4/c13-8-3-7(14)1-2-11(8)19-6-12(18)15-4-9(16)10(17)5-15/h1-3,9-10,16-17H,4-6H2. The zero-order chi connectivity index (χ0) is 14.0. The molecule has 0 spiro atoms. The first kappa shape index (κ1) is 14.6. The number of carbonyl (C=O) groups is 1. The van der Waals surface area contributed by atoms with Crippen LogP contribution >= 0.6 is 27.5 Å². The number of benzene rings is 1. The Hall–Kier alpha value is -0.820. The van der Waals surface area contributed by atoms with E-state index in [9.17, 15) is 15.0 Å². The largest absolute Gasteiger partial charge is 0.483 e. The van der Waals surface area contributed by atoms with E-state index in [1.807, 2.05) is 0 Å². The van der Waals surface area contributed by atoms with Crippen LogP contribution in [0.5, 0.6) is 5.75 Å². The molecule has 1 fully saturated rings. The summed E-state index contributed by atoms with van der Waals surface area (Å²) in [6.07, 6.45) is -1.77. The molecule has 1 saturated heterocycles. The number of amides is 1. The number of halogens is 2. The molecule has 104 valence electrons. The summed E-state index contributed by atoms with van der Waals surface area (Å²) in [6.45, 7) is 0.107. The van der Waals surface area contributed by atoms with Gasteiger partial charge in [-0.1, -0.05) is 11.6 Å². The van der Waals surface area contributed by atoms with E-state index in [0.717, 1.165) is 0 Å². The normalized spacial score (nSPS) is 22.6. The summed E-state index contributed by atoms with van der Waals surface area (Å²) in [6, 6.07) is 4.99. The Bertz CT molecular complexity index is 475. The van der Waals surface area contributed by atoms with Crippen molar-refractivity contribution in [1.82, 2.24) is 4.90 Å². The van der Waals surface area contributed by atoms with Crippen molar-refractivity contribution in [3.8, 4) is 5.75 Å². The number of hydrogen-bond donors (Lipinski definition) is 2. The third kappa shape index (κ3) is 3.60. The van der Waals surface area contributed by atoms with Gasteiger partial charge in [0.2, 0.25) is 0 Å². The maximum absolute atomic E-state index is 11.8. The van der Waals surface area contributed by atoms with Gasteiger partial charge in [0.15, 0.2) is 6.61 Å². The molecule has 1 aliphatic rings. The van der Waals surface area contributed by atoms with Crippen molar-refractivity contribution in [3.05, 3.63) is 27.7 Å². The molecule has 0 aliphatic carbocycles. The molecule has 5 nitrogen and oxygen atoms in total. The van der Waals surface area contributed by atoms with E-state index in [1.165, 1.54) is 4.90 Å². The van der Waals surface area contributed by atoms with Crippen molar-refractivity contribution < 1.29 is 19.7 Å². The molecule has 0 saturated carbocycles. The first-order valence-electron chi connectivity index (χ1n) is 5.69. The van der Waals surface area contributed by atoms with Crippen molar-refractivity contribution in [1.29, 1.82) is 0 Å². The molecule has 1 aliphatic heterocycles. The summed E-state index contributed by atoms with van der Waals surface area (Å²) < 4.78 is 6.04. The fourth-order valence-corrected chi connectivity index (χ4v) is 2.59. The van der Waals surface area contributed by atoms with Gasteiger partial charge >= 0.3 is 0 Å². The Balaban J connectivity index is 1.90. The lowest BCUT2D eigenvalue weighted by molar-refractivity contribution is -0.132. The maximum Gasteiger partial charge on any atom is 0.260 e. The summed E-state index contributed by atoms with van der Waals surface area (Å²) in [5.41, 5.74) is 0. The molecule has 0 bridgehead atoms. The van der Waals surface area contributed by atoms with Gasteiger partial charge in [0.1, 0.15) is 5.75 Å². The number of carbonyl (C=O) groups excluding carboxylic acids is 1. The van der Waals surface area contributed by atoms with Gasteiger partial charge in [0, 0.05) is 18.1 Å². The highest BCUT2D eigenvalue weighted by Crippen LogP contribution is 2.28. The smallest absolute Gasteiger partial charge is 0.260 e. The number of rotatable bonds is 3. The quantitative estimate of drug-likeness (QED) is 0.855. The topological polar surface area (TPSA) is 70.0 Å². The van der Waals surface area contributed by atoms with Gasteiger partial charge in [-0.2, -0.15) is 0 Å². The van der Waals surface area contributed by atoms with E-state index in [2.05, 4.69) is 15.9 Å². The fraction of sp³-hybridized carbons (Fsp3) is 0.417. The molecule has 1 aromatic carbocycles. The molecule has 7 heteroatoms. The Kier molecular flexibility index (Phi) is 4.67. The highest BCUT2D eigenvalue weighted by molar-refractivity contribution is 9.10. The Labute approximate surface area is 123 Å². The molecule has 2 rings (SSSR count). The predicted molar refractivity (Wildman–Crippen MR) is 73.2 cm³/mol. The van der Waals surface area contributed by atoms with Crippen LogP contribution in [-0.4, -0.2) is 52.9 Å². The van der Waals surface area contributed by atoms with Gasteiger partial charge in [-0.15, -0.1) is 0 Å². The highest BCUT2D eigenvalue weighted by Gasteiger charge is 2.32. The number of aliphatic hydroxyl groups excluding tert-OH is 2. The molecular weight excluding hydrogens is 337 g/mol.